The molecule has 0 unspecified atom stereocenters. The van der Waals surface area contributed by atoms with Gasteiger partial charge in [0, 0.05) is 16.9 Å². The van der Waals surface area contributed by atoms with Gasteiger partial charge in [-0.15, -0.1) is 0 Å². The lowest BCUT2D eigenvalue weighted by atomic mass is 10.2. The van der Waals surface area contributed by atoms with E-state index in [0.717, 1.165) is 0 Å². The van der Waals surface area contributed by atoms with Gasteiger partial charge in [0.05, 0.1) is 18.0 Å². The topological polar surface area (TPSA) is 21.3 Å². The van der Waals surface area contributed by atoms with Gasteiger partial charge in [-0.3, -0.25) is 0 Å². The molecule has 1 aliphatic rings. The van der Waals surface area contributed by atoms with E-state index in [0.29, 0.717) is 6.61 Å². The summed E-state index contributed by atoms with van der Waals surface area (Å²) in [6.07, 6.45) is 0. The molecule has 0 fully saturated rings. The van der Waals surface area contributed by atoms with Gasteiger partial charge in [-0.2, -0.15) is 0 Å². The Kier molecular flexibility index (Phi) is 2.79. The summed E-state index contributed by atoms with van der Waals surface area (Å²) >= 11 is 1.80. The SMILES string of the molecule is COCc1ccc2c(c1)Sc1ccccc1N2. The molecule has 0 aromatic heterocycles. The monoisotopic (exact) mass is 243 g/mol. The van der Waals surface area contributed by atoms with Crippen molar-refractivity contribution in [2.24, 2.45) is 0 Å². The van der Waals surface area contributed by atoms with Gasteiger partial charge in [-0.25, -0.2) is 0 Å². The van der Waals surface area contributed by atoms with Crippen LogP contribution in [0.5, 0.6) is 0 Å². The molecule has 1 aliphatic heterocycles. The van der Waals surface area contributed by atoms with E-state index >= 15 is 0 Å². The normalized spacial score (nSPS) is 12.5. The molecule has 1 heterocycles. The molecule has 3 rings (SSSR count). The van der Waals surface area contributed by atoms with E-state index in [2.05, 4.69) is 47.8 Å². The van der Waals surface area contributed by atoms with Crippen LogP contribution in [0.2, 0.25) is 0 Å². The number of nitrogens with one attached hydrogen (secondary N) is 1. The van der Waals surface area contributed by atoms with Crippen molar-refractivity contribution >= 4 is 23.1 Å². The van der Waals surface area contributed by atoms with Crippen molar-refractivity contribution in [2.45, 2.75) is 16.4 Å². The van der Waals surface area contributed by atoms with Gasteiger partial charge in [-0.1, -0.05) is 30.0 Å². The lowest BCUT2D eigenvalue weighted by Crippen LogP contribution is -2.00. The molecular weight excluding hydrogens is 230 g/mol. The van der Waals surface area contributed by atoms with Gasteiger partial charge < -0.3 is 10.1 Å². The number of fused-ring (bicyclic) bond motifs is 2. The van der Waals surface area contributed by atoms with Crippen molar-refractivity contribution in [1.29, 1.82) is 0 Å². The van der Waals surface area contributed by atoms with Crippen LogP contribution in [0.15, 0.2) is 52.3 Å². The van der Waals surface area contributed by atoms with Crippen molar-refractivity contribution in [1.82, 2.24) is 0 Å². The number of methoxy groups -OCH3 is 1. The summed E-state index contributed by atoms with van der Waals surface area (Å²) in [5.41, 5.74) is 3.57. The lowest BCUT2D eigenvalue weighted by molar-refractivity contribution is 0.185. The minimum Gasteiger partial charge on any atom is -0.380 e. The van der Waals surface area contributed by atoms with Crippen LogP contribution in [0.4, 0.5) is 11.4 Å². The second-order valence-corrected chi connectivity index (χ2v) is 5.07. The highest BCUT2D eigenvalue weighted by atomic mass is 32.2. The Morgan fingerprint density at radius 2 is 1.88 bits per heavy atom. The van der Waals surface area contributed by atoms with E-state index in [1.54, 1.807) is 18.9 Å². The van der Waals surface area contributed by atoms with Gasteiger partial charge in [0.15, 0.2) is 0 Å². The maximum Gasteiger partial charge on any atom is 0.0713 e. The minimum atomic E-state index is 0.662. The third-order valence-corrected chi connectivity index (χ3v) is 3.87. The number of benzene rings is 2. The average molecular weight is 243 g/mol. The molecule has 1 N–H and O–H groups in total. The Morgan fingerprint density at radius 1 is 1.06 bits per heavy atom. The molecular formula is C14H13NOS. The van der Waals surface area contributed by atoms with E-state index in [1.807, 2.05) is 0 Å². The van der Waals surface area contributed by atoms with Crippen molar-refractivity contribution < 1.29 is 4.74 Å². The third-order valence-electron chi connectivity index (χ3n) is 2.73. The number of hydrogen-bond acceptors (Lipinski definition) is 3. The lowest BCUT2D eigenvalue weighted by Gasteiger charge is -2.21. The maximum atomic E-state index is 5.16. The first-order valence-corrected chi connectivity index (χ1v) is 6.34. The fourth-order valence-corrected chi connectivity index (χ4v) is 2.99. The first-order valence-electron chi connectivity index (χ1n) is 5.52. The number of rotatable bonds is 2. The number of ether oxygens (including phenoxy) is 1. The number of hydrogen-bond donors (Lipinski definition) is 1. The molecule has 0 saturated carbocycles. The fraction of sp³-hybridized carbons (Fsp3) is 0.143. The molecule has 0 saturated heterocycles. The predicted octanol–water partition coefficient (Wildman–Crippen LogP) is 4.04. The van der Waals surface area contributed by atoms with Crippen LogP contribution in [-0.4, -0.2) is 7.11 Å². The molecule has 2 nitrogen and oxygen atoms in total. The number of anilines is 2. The van der Waals surface area contributed by atoms with Gasteiger partial charge >= 0.3 is 0 Å². The second kappa shape index (κ2) is 4.43. The molecule has 0 bridgehead atoms. The molecule has 3 heteroatoms. The summed E-state index contributed by atoms with van der Waals surface area (Å²) in [5.74, 6) is 0. The van der Waals surface area contributed by atoms with Gasteiger partial charge in [0.1, 0.15) is 0 Å². The number of para-hydroxylation sites is 1. The van der Waals surface area contributed by atoms with Crippen molar-refractivity contribution in [2.75, 3.05) is 12.4 Å². The van der Waals surface area contributed by atoms with Gasteiger partial charge in [0.2, 0.25) is 0 Å². The Labute approximate surface area is 105 Å². The second-order valence-electron chi connectivity index (χ2n) is 3.99. The molecule has 2 aromatic carbocycles. The van der Waals surface area contributed by atoms with E-state index in [9.17, 15) is 0 Å². The van der Waals surface area contributed by atoms with E-state index in [4.69, 9.17) is 4.74 Å². The molecule has 0 spiro atoms. The van der Waals surface area contributed by atoms with Crippen LogP contribution < -0.4 is 5.32 Å². The first-order chi connectivity index (χ1) is 8.36. The van der Waals surface area contributed by atoms with Crippen molar-refractivity contribution in [3.8, 4) is 0 Å². The van der Waals surface area contributed by atoms with Crippen LogP contribution >= 0.6 is 11.8 Å². The molecule has 17 heavy (non-hydrogen) atoms. The Morgan fingerprint density at radius 3 is 2.76 bits per heavy atom. The summed E-state index contributed by atoms with van der Waals surface area (Å²) in [6, 6.07) is 14.8. The summed E-state index contributed by atoms with van der Waals surface area (Å²) in [4.78, 5) is 2.54. The average Bonchev–Trinajstić information content (AvgIpc) is 2.36. The van der Waals surface area contributed by atoms with E-state index in [-0.39, 0.29) is 0 Å². The predicted molar refractivity (Wildman–Crippen MR) is 71.0 cm³/mol. The highest BCUT2D eigenvalue weighted by molar-refractivity contribution is 7.99. The first kappa shape index (κ1) is 10.7. The van der Waals surface area contributed by atoms with Crippen molar-refractivity contribution in [3.63, 3.8) is 0 Å². The zero-order chi connectivity index (χ0) is 11.7. The van der Waals surface area contributed by atoms with Crippen molar-refractivity contribution in [3.05, 3.63) is 48.0 Å². The molecule has 0 aliphatic carbocycles. The largest absolute Gasteiger partial charge is 0.380 e. The summed E-state index contributed by atoms with van der Waals surface area (Å²) in [7, 11) is 1.72. The summed E-state index contributed by atoms with van der Waals surface area (Å²) in [6.45, 7) is 0.662. The highest BCUT2D eigenvalue weighted by Gasteiger charge is 2.14. The standard InChI is InChI=1S/C14H13NOS/c1-16-9-10-6-7-12-14(8-10)17-13-5-3-2-4-11(13)15-12/h2-8,15H,9H2,1H3. The fourth-order valence-electron chi connectivity index (χ4n) is 1.93. The molecule has 0 amide bonds. The zero-order valence-electron chi connectivity index (χ0n) is 9.57. The third kappa shape index (κ3) is 2.04. The molecule has 86 valence electrons. The molecule has 0 atom stereocenters. The molecule has 2 aromatic rings. The van der Waals surface area contributed by atoms with Crippen LogP contribution in [-0.2, 0) is 11.3 Å². The van der Waals surface area contributed by atoms with E-state index in [1.165, 1.54) is 26.7 Å². The minimum absolute atomic E-state index is 0.662. The highest BCUT2D eigenvalue weighted by Crippen LogP contribution is 2.44. The Hall–Kier alpha value is -1.45. The van der Waals surface area contributed by atoms with Gasteiger partial charge in [-0.05, 0) is 29.8 Å². The summed E-state index contributed by atoms with van der Waals surface area (Å²) < 4.78 is 5.16. The van der Waals surface area contributed by atoms with Crippen LogP contribution in [0.1, 0.15) is 5.56 Å². The van der Waals surface area contributed by atoms with E-state index < -0.39 is 0 Å². The van der Waals surface area contributed by atoms with Crippen LogP contribution in [0, 0.1) is 0 Å². The van der Waals surface area contributed by atoms with Crippen LogP contribution in [0.25, 0.3) is 0 Å². The Balaban J connectivity index is 1.97. The molecule has 0 radical (unpaired) electrons. The zero-order valence-corrected chi connectivity index (χ0v) is 10.4. The maximum absolute atomic E-state index is 5.16. The Bertz CT molecular complexity index is 554. The van der Waals surface area contributed by atoms with Crippen LogP contribution in [0.3, 0.4) is 0 Å². The quantitative estimate of drug-likeness (QED) is 0.734. The van der Waals surface area contributed by atoms with Gasteiger partial charge in [0.25, 0.3) is 0 Å². The summed E-state index contributed by atoms with van der Waals surface area (Å²) in [5, 5.41) is 3.45. The smallest absolute Gasteiger partial charge is 0.0713 e.